The van der Waals surface area contributed by atoms with E-state index in [0.29, 0.717) is 0 Å². The Labute approximate surface area is 101 Å². The quantitative estimate of drug-likeness (QED) is 0.764. The Morgan fingerprint density at radius 3 is 2.18 bits per heavy atom. The van der Waals surface area contributed by atoms with Crippen LogP contribution in [0.15, 0.2) is 29.2 Å². The van der Waals surface area contributed by atoms with Crippen molar-refractivity contribution in [3.63, 3.8) is 0 Å². The normalized spacial score (nSPS) is 27.8. The molecule has 3 atom stereocenters. The summed E-state index contributed by atoms with van der Waals surface area (Å²) in [4.78, 5) is 11.5. The Balaban J connectivity index is 2.33. The monoisotopic (exact) mass is 253 g/mol. The molecule has 4 nitrogen and oxygen atoms in total. The molecule has 92 valence electrons. The summed E-state index contributed by atoms with van der Waals surface area (Å²) in [5.41, 5.74) is 1.01. The smallest absolute Gasteiger partial charge is 0.244 e. The number of nitrogens with zero attached hydrogens (tertiary/aromatic N) is 1. The zero-order valence-electron chi connectivity index (χ0n) is 10.0. The molecule has 0 amide bonds. The van der Waals surface area contributed by atoms with Crippen LogP contribution in [0, 0.1) is 6.92 Å². The third-order valence-corrected chi connectivity index (χ3v) is 5.04. The fourth-order valence-corrected chi connectivity index (χ4v) is 3.89. The summed E-state index contributed by atoms with van der Waals surface area (Å²) in [6.07, 6.45) is 0. The maximum absolute atomic E-state index is 12.2. The van der Waals surface area contributed by atoms with Gasteiger partial charge < -0.3 is 0 Å². The van der Waals surface area contributed by atoms with E-state index in [1.165, 1.54) is 11.2 Å². The largest absolute Gasteiger partial charge is 0.298 e. The van der Waals surface area contributed by atoms with E-state index in [1.807, 2.05) is 6.92 Å². The predicted molar refractivity (Wildman–Crippen MR) is 64.1 cm³/mol. The van der Waals surface area contributed by atoms with Crippen LogP contribution in [0.4, 0.5) is 0 Å². The predicted octanol–water partition coefficient (Wildman–Crippen LogP) is 1.35. The number of aryl methyl sites for hydroxylation is 1. The van der Waals surface area contributed by atoms with Gasteiger partial charge in [-0.25, -0.2) is 8.42 Å². The molecule has 0 bridgehead atoms. The van der Waals surface area contributed by atoms with Crippen molar-refractivity contribution in [2.45, 2.75) is 37.8 Å². The molecular formula is C12H15NO3S. The van der Waals surface area contributed by atoms with Crippen LogP contribution in [0.5, 0.6) is 0 Å². The topological polar surface area (TPSA) is 54.2 Å². The van der Waals surface area contributed by atoms with Crippen molar-refractivity contribution in [1.82, 2.24) is 4.31 Å². The molecule has 17 heavy (non-hydrogen) atoms. The average molecular weight is 253 g/mol. The summed E-state index contributed by atoms with van der Waals surface area (Å²) in [6.45, 7) is 5.07. The highest BCUT2D eigenvalue weighted by atomic mass is 32.2. The molecule has 3 unspecified atom stereocenters. The highest BCUT2D eigenvalue weighted by molar-refractivity contribution is 7.89. The van der Waals surface area contributed by atoms with Crippen molar-refractivity contribution >= 4 is 15.8 Å². The minimum Gasteiger partial charge on any atom is -0.298 e. The van der Waals surface area contributed by atoms with E-state index in [4.69, 9.17) is 0 Å². The Morgan fingerprint density at radius 2 is 1.76 bits per heavy atom. The van der Waals surface area contributed by atoms with Gasteiger partial charge in [-0.2, -0.15) is 4.31 Å². The Kier molecular flexibility index (Phi) is 2.83. The number of rotatable bonds is 3. The lowest BCUT2D eigenvalue weighted by Crippen LogP contribution is -2.18. The molecule has 5 heteroatoms. The summed E-state index contributed by atoms with van der Waals surface area (Å²) in [5, 5.41) is 0. The van der Waals surface area contributed by atoms with Crippen LogP contribution in [-0.4, -0.2) is 30.6 Å². The molecule has 1 aliphatic heterocycles. The van der Waals surface area contributed by atoms with Crippen LogP contribution in [0.1, 0.15) is 19.4 Å². The van der Waals surface area contributed by atoms with Crippen molar-refractivity contribution in [3.8, 4) is 0 Å². The highest BCUT2D eigenvalue weighted by Crippen LogP contribution is 2.35. The first kappa shape index (κ1) is 12.3. The van der Waals surface area contributed by atoms with Gasteiger partial charge in [-0.1, -0.05) is 17.7 Å². The average Bonchev–Trinajstić information content (AvgIpc) is 2.91. The van der Waals surface area contributed by atoms with Gasteiger partial charge in [0.15, 0.2) is 0 Å². The summed E-state index contributed by atoms with van der Waals surface area (Å²) in [6, 6.07) is 5.95. The van der Waals surface area contributed by atoms with Gasteiger partial charge in [-0.05, 0) is 32.9 Å². The third-order valence-electron chi connectivity index (χ3n) is 3.06. The van der Waals surface area contributed by atoms with Crippen molar-refractivity contribution < 1.29 is 13.2 Å². The van der Waals surface area contributed by atoms with E-state index < -0.39 is 16.1 Å². The van der Waals surface area contributed by atoms with E-state index in [0.717, 1.165) is 5.56 Å². The van der Waals surface area contributed by atoms with Gasteiger partial charge in [0.2, 0.25) is 10.0 Å². The molecule has 2 rings (SSSR count). The SMILES string of the molecule is CC(=O)C1C(C)N1S(=O)(=O)c1ccc(C)cc1. The summed E-state index contributed by atoms with van der Waals surface area (Å²) >= 11 is 0. The number of carbonyl (C=O) groups excluding carboxylic acids is 1. The van der Waals surface area contributed by atoms with Gasteiger partial charge in [0.05, 0.1) is 10.9 Å². The number of ketones is 1. The van der Waals surface area contributed by atoms with Crippen LogP contribution in [-0.2, 0) is 14.8 Å². The molecule has 1 heterocycles. The van der Waals surface area contributed by atoms with Crippen LogP contribution in [0.2, 0.25) is 0 Å². The van der Waals surface area contributed by atoms with Gasteiger partial charge in [0, 0.05) is 6.04 Å². The molecule has 0 radical (unpaired) electrons. The first-order chi connectivity index (χ1) is 7.85. The van der Waals surface area contributed by atoms with Gasteiger partial charge in [-0.3, -0.25) is 4.79 Å². The first-order valence-corrected chi connectivity index (χ1v) is 6.90. The molecular weight excluding hydrogens is 238 g/mol. The van der Waals surface area contributed by atoms with Gasteiger partial charge in [-0.15, -0.1) is 0 Å². The summed E-state index contributed by atoms with van der Waals surface area (Å²) in [7, 11) is -3.51. The molecule has 1 aromatic carbocycles. The minimum atomic E-state index is -3.51. The van der Waals surface area contributed by atoms with Crippen LogP contribution < -0.4 is 0 Å². The fraction of sp³-hybridized carbons (Fsp3) is 0.417. The van der Waals surface area contributed by atoms with Crippen LogP contribution in [0.25, 0.3) is 0 Å². The van der Waals surface area contributed by atoms with Gasteiger partial charge in [0.25, 0.3) is 0 Å². The van der Waals surface area contributed by atoms with Crippen LogP contribution >= 0.6 is 0 Å². The summed E-state index contributed by atoms with van der Waals surface area (Å²) < 4.78 is 25.7. The van der Waals surface area contributed by atoms with Crippen LogP contribution in [0.3, 0.4) is 0 Å². The molecule has 1 saturated heterocycles. The molecule has 0 N–H and O–H groups in total. The van der Waals surface area contributed by atoms with E-state index >= 15 is 0 Å². The zero-order valence-corrected chi connectivity index (χ0v) is 10.9. The number of benzene rings is 1. The van der Waals surface area contributed by atoms with E-state index in [-0.39, 0.29) is 16.7 Å². The summed E-state index contributed by atoms with van der Waals surface area (Å²) in [5.74, 6) is -0.104. The van der Waals surface area contributed by atoms with Crippen molar-refractivity contribution in [2.75, 3.05) is 0 Å². The number of hydrogen-bond acceptors (Lipinski definition) is 3. The Bertz CT molecular complexity index is 548. The minimum absolute atomic E-state index is 0.104. The maximum atomic E-state index is 12.2. The van der Waals surface area contributed by atoms with E-state index in [2.05, 4.69) is 0 Å². The number of sulfonamides is 1. The first-order valence-electron chi connectivity index (χ1n) is 5.46. The van der Waals surface area contributed by atoms with Gasteiger partial charge in [0.1, 0.15) is 5.78 Å². The molecule has 0 spiro atoms. The molecule has 1 aromatic rings. The van der Waals surface area contributed by atoms with Crippen molar-refractivity contribution in [1.29, 1.82) is 0 Å². The number of hydrogen-bond donors (Lipinski definition) is 0. The second-order valence-corrected chi connectivity index (χ2v) is 6.29. The second kappa shape index (κ2) is 3.92. The fourth-order valence-electron chi connectivity index (χ4n) is 2.04. The highest BCUT2D eigenvalue weighted by Gasteiger charge is 2.55. The lowest BCUT2D eigenvalue weighted by atomic mass is 10.2. The second-order valence-electron chi connectivity index (χ2n) is 4.44. The lowest BCUT2D eigenvalue weighted by Gasteiger charge is -2.05. The molecule has 1 aliphatic rings. The number of carbonyl (C=O) groups is 1. The number of Topliss-reactive ketones (excluding diaryl/α,β-unsaturated/α-hetero) is 1. The maximum Gasteiger partial charge on any atom is 0.244 e. The molecule has 1 fully saturated rings. The van der Waals surface area contributed by atoms with Crippen molar-refractivity contribution in [2.24, 2.45) is 0 Å². The molecule has 0 aromatic heterocycles. The third kappa shape index (κ3) is 2.00. The molecule has 0 aliphatic carbocycles. The Morgan fingerprint density at radius 1 is 1.24 bits per heavy atom. The van der Waals surface area contributed by atoms with E-state index in [9.17, 15) is 13.2 Å². The Hall–Kier alpha value is -1.20. The van der Waals surface area contributed by atoms with E-state index in [1.54, 1.807) is 31.2 Å². The van der Waals surface area contributed by atoms with Gasteiger partial charge >= 0.3 is 0 Å². The lowest BCUT2D eigenvalue weighted by molar-refractivity contribution is -0.117. The standard InChI is InChI=1S/C12H15NO3S/c1-8-4-6-11(7-5-8)17(15,16)13-9(2)12(13)10(3)14/h4-7,9,12H,1-3H3. The molecule has 0 saturated carbocycles. The zero-order chi connectivity index (χ0) is 12.8. The van der Waals surface area contributed by atoms with Crippen molar-refractivity contribution in [3.05, 3.63) is 29.8 Å².